The number of nitrogens with zero attached hydrogens (tertiary/aromatic N) is 1. The minimum atomic E-state index is -2.19. The van der Waals surface area contributed by atoms with E-state index in [9.17, 15) is 4.57 Å². The Kier molecular flexibility index (Phi) is 1.21. The van der Waals surface area contributed by atoms with Gasteiger partial charge in [-0.1, -0.05) is 23.2 Å². The molecule has 2 bridgehead atoms. The Morgan fingerprint density at radius 2 is 2.07 bits per heavy atom. The van der Waals surface area contributed by atoms with E-state index in [0.717, 1.165) is 10.6 Å². The molecule has 1 unspecified atom stereocenters. The Labute approximate surface area is 94.4 Å². The third kappa shape index (κ3) is 0.782. The molecule has 3 aliphatic heterocycles. The van der Waals surface area contributed by atoms with Crippen molar-refractivity contribution in [1.29, 1.82) is 0 Å². The van der Waals surface area contributed by atoms with E-state index in [-0.39, 0.29) is 0 Å². The van der Waals surface area contributed by atoms with Gasteiger partial charge in [-0.15, -0.1) is 0 Å². The Hall–Kier alpha value is -0.760. The van der Waals surface area contributed by atoms with Crippen molar-refractivity contribution in [3.8, 4) is 11.5 Å². The second-order valence-corrected chi connectivity index (χ2v) is 6.89. The highest BCUT2D eigenvalue weighted by Gasteiger charge is 2.74. The van der Waals surface area contributed by atoms with Gasteiger partial charge in [-0.25, -0.2) is 4.98 Å². The van der Waals surface area contributed by atoms with Gasteiger partial charge < -0.3 is 8.98 Å². The lowest BCUT2D eigenvalue weighted by atomic mass is 10.3. The summed E-state index contributed by atoms with van der Waals surface area (Å²) in [5, 5.41) is 2.63. The average molecular weight is 258 g/mol. The topological polar surface area (TPSA) is 43.1 Å². The van der Waals surface area contributed by atoms with Crippen LogP contribution in [0.4, 0.5) is 0 Å². The molecule has 3 nitrogen and oxygen atoms in total. The Balaban J connectivity index is 1.96. The fraction of sp³-hybridized carbons (Fsp3) is 0. The van der Waals surface area contributed by atoms with Crippen LogP contribution >= 0.6 is 30.3 Å². The molecular formula is C9H2Cl2NO2P. The van der Waals surface area contributed by atoms with Crippen molar-refractivity contribution < 1.29 is 8.98 Å². The summed E-state index contributed by atoms with van der Waals surface area (Å²) in [6.07, 6.45) is 1.50. The molecule has 2 aromatic heterocycles. The van der Waals surface area contributed by atoms with Gasteiger partial charge in [0.1, 0.15) is 5.69 Å². The number of aromatic nitrogens is 1. The maximum absolute atomic E-state index is 11.7. The van der Waals surface area contributed by atoms with Crippen LogP contribution in [0.3, 0.4) is 0 Å². The van der Waals surface area contributed by atoms with Gasteiger partial charge in [0, 0.05) is 6.20 Å². The first-order valence-electron chi connectivity index (χ1n) is 4.24. The summed E-state index contributed by atoms with van der Waals surface area (Å²) in [5.41, 5.74) is 1.18. The predicted octanol–water partition coefficient (Wildman–Crippen LogP) is 1.91. The second kappa shape index (κ2) is 2.17. The molecule has 0 N–H and O–H groups in total. The van der Waals surface area contributed by atoms with E-state index in [0.29, 0.717) is 27.0 Å². The molecule has 0 aromatic carbocycles. The first-order valence-corrected chi connectivity index (χ1v) is 6.70. The van der Waals surface area contributed by atoms with Crippen LogP contribution in [0.15, 0.2) is 16.7 Å². The number of rotatable bonds is 1. The van der Waals surface area contributed by atoms with Crippen LogP contribution in [0.2, 0.25) is 10.0 Å². The molecule has 5 heterocycles. The van der Waals surface area contributed by atoms with E-state index in [4.69, 9.17) is 27.6 Å². The zero-order chi connectivity index (χ0) is 10.4. The fourth-order valence-corrected chi connectivity index (χ4v) is 4.79. The zero-order valence-electron chi connectivity index (χ0n) is 7.12. The van der Waals surface area contributed by atoms with Gasteiger partial charge in [0.25, 0.3) is 0 Å². The van der Waals surface area contributed by atoms with Gasteiger partial charge in [0.15, 0.2) is 11.3 Å². The maximum atomic E-state index is 11.7. The maximum Gasteiger partial charge on any atom is 0.214 e. The highest BCUT2D eigenvalue weighted by molar-refractivity contribution is 8.06. The van der Waals surface area contributed by atoms with Crippen LogP contribution in [0, 0.1) is 0 Å². The number of furan rings is 1. The van der Waals surface area contributed by atoms with E-state index in [1.54, 1.807) is 6.07 Å². The molecule has 0 fully saturated rings. The van der Waals surface area contributed by atoms with Gasteiger partial charge in [0.2, 0.25) is 7.14 Å². The average Bonchev–Trinajstić information content (AvgIpc) is 2.83. The summed E-state index contributed by atoms with van der Waals surface area (Å²) in [6, 6.07) is 1.60. The van der Waals surface area contributed by atoms with Crippen molar-refractivity contribution in [3.05, 3.63) is 22.3 Å². The number of hydrogen-bond donors (Lipinski definition) is 0. The van der Waals surface area contributed by atoms with Crippen molar-refractivity contribution in [2.24, 2.45) is 0 Å². The van der Waals surface area contributed by atoms with Gasteiger partial charge in [-0.2, -0.15) is 0 Å². The van der Waals surface area contributed by atoms with Gasteiger partial charge in [0.05, 0.1) is 20.7 Å². The smallest absolute Gasteiger partial charge is 0.214 e. The molecule has 0 saturated heterocycles. The van der Waals surface area contributed by atoms with Crippen LogP contribution in [0.25, 0.3) is 11.5 Å². The minimum Gasteiger partial charge on any atom is -0.449 e. The largest absolute Gasteiger partial charge is 0.449 e. The summed E-state index contributed by atoms with van der Waals surface area (Å²) in [5.74, 6) is 0.560. The Bertz CT molecular complexity index is 683. The first kappa shape index (κ1) is 8.40. The lowest BCUT2D eigenvalue weighted by Gasteiger charge is -1.98. The summed E-state index contributed by atoms with van der Waals surface area (Å²) in [7, 11) is -2.19. The number of halogens is 2. The number of pyridine rings is 1. The lowest BCUT2D eigenvalue weighted by Crippen LogP contribution is -1.97. The lowest BCUT2D eigenvalue weighted by molar-refractivity contribution is 0.590. The van der Waals surface area contributed by atoms with E-state index in [2.05, 4.69) is 4.98 Å². The number of hydrogen-bond acceptors (Lipinski definition) is 3. The molecule has 6 heteroatoms. The fourth-order valence-electron chi connectivity index (χ4n) is 1.84. The summed E-state index contributed by atoms with van der Waals surface area (Å²) in [6.45, 7) is 0. The Morgan fingerprint density at radius 1 is 1.33 bits per heavy atom. The third-order valence-corrected chi connectivity index (χ3v) is 5.73. The number of fused-ring (bicyclic) bond motifs is 1. The van der Waals surface area contributed by atoms with Crippen LogP contribution in [-0.4, -0.2) is 4.98 Å². The van der Waals surface area contributed by atoms with Crippen LogP contribution in [0.5, 0.6) is 0 Å². The molecule has 15 heavy (non-hydrogen) atoms. The monoisotopic (exact) mass is 257 g/mol. The van der Waals surface area contributed by atoms with Crippen molar-refractivity contribution in [2.45, 2.75) is 0 Å². The van der Waals surface area contributed by atoms with E-state index < -0.39 is 7.14 Å². The summed E-state index contributed by atoms with van der Waals surface area (Å²) in [4.78, 5) is 4.09. The quantitative estimate of drug-likeness (QED) is 0.490. The first-order chi connectivity index (χ1) is 7.14. The van der Waals surface area contributed by atoms with Gasteiger partial charge >= 0.3 is 0 Å². The predicted molar refractivity (Wildman–Crippen MR) is 58.5 cm³/mol. The summed E-state index contributed by atoms with van der Waals surface area (Å²) < 4.78 is 17.1. The molecule has 0 amide bonds. The third-order valence-electron chi connectivity index (χ3n) is 2.68. The second-order valence-electron chi connectivity index (χ2n) is 3.53. The molecule has 3 aliphatic rings. The van der Waals surface area contributed by atoms with E-state index in [1.807, 2.05) is 0 Å². The van der Waals surface area contributed by atoms with Gasteiger partial charge in [-0.05, 0) is 6.07 Å². The molecule has 0 saturated carbocycles. The van der Waals surface area contributed by atoms with Crippen molar-refractivity contribution in [2.75, 3.05) is 0 Å². The standard InChI is InChI=1S/C9H2Cl2NO2P/c10-3-1-4(11)5(12-2-3)6-7-8-9(14-6)15(7,8)13/h1-2H. The molecule has 5 rings (SSSR count). The van der Waals surface area contributed by atoms with Gasteiger partial charge in [-0.3, -0.25) is 0 Å². The van der Waals surface area contributed by atoms with E-state index >= 15 is 0 Å². The Morgan fingerprint density at radius 3 is 2.60 bits per heavy atom. The molecule has 74 valence electrons. The molecule has 0 aliphatic carbocycles. The normalized spacial score (nSPS) is 23.9. The highest BCUT2D eigenvalue weighted by atomic mass is 35.5. The molecular weight excluding hydrogens is 256 g/mol. The summed E-state index contributed by atoms with van der Waals surface area (Å²) >= 11 is 11.7. The molecule has 1 atom stereocenters. The zero-order valence-corrected chi connectivity index (χ0v) is 9.53. The van der Waals surface area contributed by atoms with Crippen LogP contribution in [0.1, 0.15) is 0 Å². The van der Waals surface area contributed by atoms with Crippen molar-refractivity contribution in [3.63, 3.8) is 0 Å². The van der Waals surface area contributed by atoms with Crippen molar-refractivity contribution >= 4 is 46.5 Å². The highest BCUT2D eigenvalue weighted by Crippen LogP contribution is 2.70. The van der Waals surface area contributed by atoms with Crippen molar-refractivity contribution in [1.82, 2.24) is 4.98 Å². The SMILES string of the molecule is O=P12c3oc(-c4ncc(Cl)cc4Cl)c1c32. The van der Waals surface area contributed by atoms with E-state index in [1.165, 1.54) is 6.20 Å². The molecule has 0 radical (unpaired) electrons. The van der Waals surface area contributed by atoms with Crippen LogP contribution < -0.4 is 16.1 Å². The van der Waals surface area contributed by atoms with Crippen LogP contribution in [-0.2, 0) is 4.57 Å². The molecule has 2 aromatic rings. The molecule has 0 spiro atoms. The minimum absolute atomic E-state index is 0.422.